The number of rotatable bonds is 2. The predicted octanol–water partition coefficient (Wildman–Crippen LogP) is -0.225. The Hall–Kier alpha value is -0.870. The highest BCUT2D eigenvalue weighted by molar-refractivity contribution is 7.60. The average molecular weight is 188 g/mol. The molecule has 0 fully saturated rings. The Bertz CT molecular complexity index is 305. The molecule has 12 heavy (non-hydrogen) atoms. The Balaban J connectivity index is 3.01. The molecule has 5 nitrogen and oxygen atoms in total. The van der Waals surface area contributed by atoms with Crippen molar-refractivity contribution < 1.29 is 14.4 Å². The van der Waals surface area contributed by atoms with Gasteiger partial charge in [0.15, 0.2) is 0 Å². The van der Waals surface area contributed by atoms with Crippen LogP contribution in [0.4, 0.5) is 5.69 Å². The van der Waals surface area contributed by atoms with Crippen LogP contribution in [0.5, 0.6) is 0 Å². The summed E-state index contributed by atoms with van der Waals surface area (Å²) in [4.78, 5) is 17.4. The monoisotopic (exact) mass is 188 g/mol. The Morgan fingerprint density at radius 3 is 2.08 bits per heavy atom. The summed E-state index contributed by atoms with van der Waals surface area (Å²) < 4.78 is 10.7. The maximum absolute atomic E-state index is 10.7. The van der Waals surface area contributed by atoms with E-state index in [9.17, 15) is 4.57 Å². The lowest BCUT2D eigenvalue weighted by Gasteiger charge is -2.04. The molecule has 66 valence electrons. The average Bonchev–Trinajstić information content (AvgIpc) is 2.03. The number of nitrogen functional groups attached to an aromatic ring is 1. The second-order valence-electron chi connectivity index (χ2n) is 2.24. The van der Waals surface area contributed by atoms with Crippen molar-refractivity contribution >= 4 is 18.6 Å². The van der Waals surface area contributed by atoms with Gasteiger partial charge in [-0.3, -0.25) is 10.4 Å². The highest BCUT2D eigenvalue weighted by Gasteiger charge is 2.15. The molecule has 0 saturated heterocycles. The molecule has 0 aromatic heterocycles. The summed E-state index contributed by atoms with van der Waals surface area (Å²) in [6.07, 6.45) is 0. The summed E-state index contributed by atoms with van der Waals surface area (Å²) >= 11 is 0. The molecular formula is C6H9N2O3P. The minimum atomic E-state index is -4.12. The van der Waals surface area contributed by atoms with Gasteiger partial charge in [0, 0.05) is 5.69 Å². The van der Waals surface area contributed by atoms with Crippen LogP contribution in [0, 0.1) is 0 Å². The zero-order chi connectivity index (χ0) is 9.19. The van der Waals surface area contributed by atoms with Gasteiger partial charge in [0.2, 0.25) is 0 Å². The van der Waals surface area contributed by atoms with Gasteiger partial charge in [-0.2, -0.15) is 0 Å². The van der Waals surface area contributed by atoms with Crippen molar-refractivity contribution in [3.63, 3.8) is 0 Å². The molecule has 0 unspecified atom stereocenters. The lowest BCUT2D eigenvalue weighted by atomic mass is 10.3. The first-order chi connectivity index (χ1) is 5.54. The van der Waals surface area contributed by atoms with E-state index in [1.807, 2.05) is 0 Å². The Morgan fingerprint density at radius 2 is 1.75 bits per heavy atom. The molecule has 0 aliphatic heterocycles. The normalized spacial score (nSPS) is 11.2. The highest BCUT2D eigenvalue weighted by atomic mass is 31.2. The molecule has 0 saturated carbocycles. The molecule has 0 bridgehead atoms. The van der Waals surface area contributed by atoms with E-state index in [1.165, 1.54) is 24.3 Å². The van der Waals surface area contributed by atoms with Crippen molar-refractivity contribution in [2.24, 2.45) is 5.84 Å². The molecule has 6 heteroatoms. The topological polar surface area (TPSA) is 95.6 Å². The Kier molecular flexibility index (Phi) is 2.49. The van der Waals surface area contributed by atoms with E-state index in [2.05, 4.69) is 5.43 Å². The van der Waals surface area contributed by atoms with Crippen LogP contribution in [-0.4, -0.2) is 9.79 Å². The standard InChI is InChI=1S/C6H9N2O3P/c7-8-5-1-3-6(4-2-5)12(9,10)11/h1-4,8H,7H2,(H2,9,10,11). The SMILES string of the molecule is NNc1ccc(P(=O)(O)O)cc1. The number of hydrogen-bond acceptors (Lipinski definition) is 3. The fourth-order valence-corrected chi connectivity index (χ4v) is 1.29. The van der Waals surface area contributed by atoms with E-state index >= 15 is 0 Å². The van der Waals surface area contributed by atoms with Crippen LogP contribution in [0.25, 0.3) is 0 Å². The number of nitrogens with two attached hydrogens (primary N) is 1. The summed E-state index contributed by atoms with van der Waals surface area (Å²) in [5.41, 5.74) is 2.96. The van der Waals surface area contributed by atoms with Crippen LogP contribution in [0.3, 0.4) is 0 Å². The number of nitrogens with one attached hydrogen (secondary N) is 1. The van der Waals surface area contributed by atoms with Crippen molar-refractivity contribution in [2.75, 3.05) is 5.43 Å². The zero-order valence-electron chi connectivity index (χ0n) is 6.14. The highest BCUT2D eigenvalue weighted by Crippen LogP contribution is 2.32. The van der Waals surface area contributed by atoms with E-state index in [0.717, 1.165) is 0 Å². The smallest absolute Gasteiger partial charge is 0.324 e. The molecule has 0 aliphatic carbocycles. The maximum atomic E-state index is 10.7. The number of hydrazine groups is 1. The van der Waals surface area contributed by atoms with Crippen LogP contribution >= 0.6 is 7.60 Å². The molecule has 0 radical (unpaired) electrons. The lowest BCUT2D eigenvalue weighted by Crippen LogP contribution is -2.09. The van der Waals surface area contributed by atoms with E-state index in [-0.39, 0.29) is 5.30 Å². The molecule has 5 N–H and O–H groups in total. The predicted molar refractivity (Wildman–Crippen MR) is 45.9 cm³/mol. The van der Waals surface area contributed by atoms with Gasteiger partial charge in [-0.05, 0) is 24.3 Å². The summed E-state index contributed by atoms with van der Waals surface area (Å²) in [6, 6.07) is 5.65. The van der Waals surface area contributed by atoms with E-state index in [0.29, 0.717) is 5.69 Å². The first-order valence-corrected chi connectivity index (χ1v) is 4.78. The number of benzene rings is 1. The molecular weight excluding hydrogens is 179 g/mol. The molecule has 0 atom stereocenters. The van der Waals surface area contributed by atoms with Gasteiger partial charge in [0.05, 0.1) is 5.30 Å². The molecule has 0 spiro atoms. The minimum absolute atomic E-state index is 0.0125. The lowest BCUT2D eigenvalue weighted by molar-refractivity contribution is 0.387. The summed E-state index contributed by atoms with van der Waals surface area (Å²) in [5.74, 6) is 5.06. The van der Waals surface area contributed by atoms with E-state index < -0.39 is 7.60 Å². The fraction of sp³-hybridized carbons (Fsp3) is 0. The van der Waals surface area contributed by atoms with E-state index in [4.69, 9.17) is 15.6 Å². The van der Waals surface area contributed by atoms with Crippen molar-refractivity contribution in [1.82, 2.24) is 0 Å². The van der Waals surface area contributed by atoms with Gasteiger partial charge >= 0.3 is 7.60 Å². The van der Waals surface area contributed by atoms with Crippen LogP contribution in [0.1, 0.15) is 0 Å². The molecule has 0 heterocycles. The molecule has 0 amide bonds. The van der Waals surface area contributed by atoms with Crippen LogP contribution in [-0.2, 0) is 4.57 Å². The summed E-state index contributed by atoms with van der Waals surface area (Å²) in [6.45, 7) is 0. The first-order valence-electron chi connectivity index (χ1n) is 3.17. The summed E-state index contributed by atoms with van der Waals surface area (Å²) in [7, 11) is -4.12. The third kappa shape index (κ3) is 2.06. The van der Waals surface area contributed by atoms with E-state index in [1.54, 1.807) is 0 Å². The van der Waals surface area contributed by atoms with Gasteiger partial charge in [0.25, 0.3) is 0 Å². The van der Waals surface area contributed by atoms with Gasteiger partial charge in [-0.25, -0.2) is 0 Å². The van der Waals surface area contributed by atoms with Crippen molar-refractivity contribution in [2.45, 2.75) is 0 Å². The second-order valence-corrected chi connectivity index (χ2v) is 3.84. The quantitative estimate of drug-likeness (QED) is 0.292. The van der Waals surface area contributed by atoms with Gasteiger partial charge in [-0.15, -0.1) is 0 Å². The zero-order valence-corrected chi connectivity index (χ0v) is 7.03. The number of anilines is 1. The number of hydrogen-bond donors (Lipinski definition) is 4. The van der Waals surface area contributed by atoms with Gasteiger partial charge in [0.1, 0.15) is 0 Å². The minimum Gasteiger partial charge on any atom is -0.324 e. The summed E-state index contributed by atoms with van der Waals surface area (Å²) in [5, 5.41) is -0.0125. The second kappa shape index (κ2) is 3.25. The van der Waals surface area contributed by atoms with Gasteiger partial charge < -0.3 is 15.2 Å². The first kappa shape index (κ1) is 9.22. The third-order valence-electron chi connectivity index (χ3n) is 1.37. The van der Waals surface area contributed by atoms with Crippen LogP contribution < -0.4 is 16.6 Å². The van der Waals surface area contributed by atoms with Crippen molar-refractivity contribution in [3.05, 3.63) is 24.3 Å². The molecule has 0 aliphatic rings. The Morgan fingerprint density at radius 1 is 1.25 bits per heavy atom. The maximum Gasteiger partial charge on any atom is 0.356 e. The molecule has 1 aromatic carbocycles. The molecule has 1 rings (SSSR count). The third-order valence-corrected chi connectivity index (χ3v) is 2.34. The van der Waals surface area contributed by atoms with Crippen LogP contribution in [0.15, 0.2) is 24.3 Å². The molecule has 1 aromatic rings. The Labute approximate surface area is 69.3 Å². The van der Waals surface area contributed by atoms with Crippen molar-refractivity contribution in [3.8, 4) is 0 Å². The van der Waals surface area contributed by atoms with Crippen molar-refractivity contribution in [1.29, 1.82) is 0 Å². The fourth-order valence-electron chi connectivity index (χ4n) is 0.752. The van der Waals surface area contributed by atoms with Crippen LogP contribution in [0.2, 0.25) is 0 Å². The van der Waals surface area contributed by atoms with Gasteiger partial charge in [-0.1, -0.05) is 0 Å². The largest absolute Gasteiger partial charge is 0.356 e.